The molecule has 1 N–H and O–H groups in total. The molecule has 32 heavy (non-hydrogen) atoms. The zero-order valence-corrected chi connectivity index (χ0v) is 19.4. The smallest absolute Gasteiger partial charge is 0.338 e. The Bertz CT molecular complexity index is 1120. The molecule has 1 fully saturated rings. The molecule has 0 radical (unpaired) electrons. The molecule has 0 aliphatic carbocycles. The molecule has 3 rings (SSSR count). The first-order chi connectivity index (χ1) is 15.2. The topological polar surface area (TPSA) is 108 Å². The van der Waals surface area contributed by atoms with Gasteiger partial charge in [0.1, 0.15) is 6.61 Å². The van der Waals surface area contributed by atoms with Crippen LogP contribution in [0.5, 0.6) is 11.5 Å². The van der Waals surface area contributed by atoms with Crippen LogP contribution in [0.15, 0.2) is 36.4 Å². The standard InChI is InChI=1S/C21H21Cl2NO7S/c1-29-19-8-13(3-5-18(19)30-10-14-2-4-15(22)9-17(14)23)21(26)31-11-20(25)24-16-6-7-32(27,28)12-16/h2-5,8-9,16H,6-7,10-12H2,1H3,(H,24,25)/t16-/m0/s1. The number of esters is 1. The van der Waals surface area contributed by atoms with E-state index in [4.69, 9.17) is 37.4 Å². The van der Waals surface area contributed by atoms with Crippen LogP contribution in [0, 0.1) is 0 Å². The zero-order chi connectivity index (χ0) is 23.3. The Morgan fingerprint density at radius 3 is 2.56 bits per heavy atom. The summed E-state index contributed by atoms with van der Waals surface area (Å²) in [5.41, 5.74) is 0.887. The zero-order valence-electron chi connectivity index (χ0n) is 17.1. The number of benzene rings is 2. The third-order valence-electron chi connectivity index (χ3n) is 4.73. The summed E-state index contributed by atoms with van der Waals surface area (Å²) in [5, 5.41) is 3.53. The number of rotatable bonds is 8. The minimum absolute atomic E-state index is 0.0379. The van der Waals surface area contributed by atoms with E-state index in [0.29, 0.717) is 28.0 Å². The molecule has 1 amide bonds. The third-order valence-corrected chi connectivity index (χ3v) is 7.08. The normalized spacial score (nSPS) is 16.9. The van der Waals surface area contributed by atoms with Crippen LogP contribution in [-0.2, 0) is 26.0 Å². The monoisotopic (exact) mass is 501 g/mol. The van der Waals surface area contributed by atoms with Crippen molar-refractivity contribution < 1.29 is 32.2 Å². The molecule has 2 aromatic rings. The van der Waals surface area contributed by atoms with Crippen molar-refractivity contribution in [2.24, 2.45) is 0 Å². The average molecular weight is 502 g/mol. The molecule has 2 aromatic carbocycles. The lowest BCUT2D eigenvalue weighted by molar-refractivity contribution is -0.124. The van der Waals surface area contributed by atoms with Crippen LogP contribution in [-0.4, -0.2) is 51.6 Å². The third kappa shape index (κ3) is 6.51. The maximum absolute atomic E-state index is 12.3. The molecule has 0 spiro atoms. The van der Waals surface area contributed by atoms with Gasteiger partial charge in [-0.1, -0.05) is 29.3 Å². The maximum atomic E-state index is 12.3. The molecule has 1 heterocycles. The summed E-state index contributed by atoms with van der Waals surface area (Å²) in [4.78, 5) is 24.2. The number of hydrogen-bond acceptors (Lipinski definition) is 7. The quantitative estimate of drug-likeness (QED) is 0.553. The second kappa shape index (κ2) is 10.4. The van der Waals surface area contributed by atoms with Crippen LogP contribution in [0.3, 0.4) is 0 Å². The van der Waals surface area contributed by atoms with E-state index in [1.54, 1.807) is 24.3 Å². The molecule has 11 heteroatoms. The van der Waals surface area contributed by atoms with Crippen LogP contribution in [0.2, 0.25) is 10.0 Å². The predicted octanol–water partition coefficient (Wildman–Crippen LogP) is 3.04. The van der Waals surface area contributed by atoms with Gasteiger partial charge in [0.15, 0.2) is 27.9 Å². The van der Waals surface area contributed by atoms with E-state index in [2.05, 4.69) is 5.32 Å². The minimum Gasteiger partial charge on any atom is -0.493 e. The highest BCUT2D eigenvalue weighted by atomic mass is 35.5. The second-order valence-electron chi connectivity index (χ2n) is 7.13. The Morgan fingerprint density at radius 2 is 1.91 bits per heavy atom. The second-order valence-corrected chi connectivity index (χ2v) is 10.2. The SMILES string of the molecule is COc1cc(C(=O)OCC(=O)N[C@H]2CCS(=O)(=O)C2)ccc1OCc1ccc(Cl)cc1Cl. The van der Waals surface area contributed by atoms with Crippen molar-refractivity contribution in [1.82, 2.24) is 5.32 Å². The number of ether oxygens (including phenoxy) is 3. The molecule has 0 saturated carbocycles. The van der Waals surface area contributed by atoms with Gasteiger partial charge in [0.25, 0.3) is 5.91 Å². The van der Waals surface area contributed by atoms with Crippen LogP contribution in [0.25, 0.3) is 0 Å². The first kappa shape index (κ1) is 24.2. The van der Waals surface area contributed by atoms with E-state index in [9.17, 15) is 18.0 Å². The number of nitrogens with one attached hydrogen (secondary N) is 1. The van der Waals surface area contributed by atoms with Gasteiger partial charge in [-0.25, -0.2) is 13.2 Å². The number of carbonyl (C=O) groups excluding carboxylic acids is 2. The van der Waals surface area contributed by atoms with Gasteiger partial charge in [0.2, 0.25) is 0 Å². The number of carbonyl (C=O) groups is 2. The molecule has 1 aliphatic rings. The van der Waals surface area contributed by atoms with Crippen molar-refractivity contribution >= 4 is 44.9 Å². The lowest BCUT2D eigenvalue weighted by Gasteiger charge is -2.13. The number of sulfone groups is 1. The predicted molar refractivity (Wildman–Crippen MR) is 119 cm³/mol. The van der Waals surface area contributed by atoms with E-state index in [0.717, 1.165) is 5.56 Å². The number of hydrogen-bond donors (Lipinski definition) is 1. The van der Waals surface area contributed by atoms with Crippen molar-refractivity contribution in [2.75, 3.05) is 25.2 Å². The molecular formula is C21H21Cl2NO7S. The summed E-state index contributed by atoms with van der Waals surface area (Å²) in [6, 6.07) is 9.05. The lowest BCUT2D eigenvalue weighted by atomic mass is 10.2. The summed E-state index contributed by atoms with van der Waals surface area (Å²) < 4.78 is 38.9. The first-order valence-corrected chi connectivity index (χ1v) is 12.2. The lowest BCUT2D eigenvalue weighted by Crippen LogP contribution is -2.38. The molecule has 1 aliphatic heterocycles. The number of halogens is 2. The molecule has 0 aromatic heterocycles. The van der Waals surface area contributed by atoms with Crippen LogP contribution >= 0.6 is 23.2 Å². The number of amides is 1. The minimum atomic E-state index is -3.12. The maximum Gasteiger partial charge on any atom is 0.338 e. The van der Waals surface area contributed by atoms with Gasteiger partial charge in [-0.15, -0.1) is 0 Å². The van der Waals surface area contributed by atoms with Crippen molar-refractivity contribution in [3.05, 3.63) is 57.6 Å². The van der Waals surface area contributed by atoms with Crippen molar-refractivity contribution in [3.8, 4) is 11.5 Å². The van der Waals surface area contributed by atoms with E-state index >= 15 is 0 Å². The summed E-state index contributed by atoms with van der Waals surface area (Å²) in [6.45, 7) is -0.363. The first-order valence-electron chi connectivity index (χ1n) is 9.58. The Hall–Kier alpha value is -2.49. The molecule has 8 nitrogen and oxygen atoms in total. The van der Waals surface area contributed by atoms with Crippen molar-refractivity contribution in [3.63, 3.8) is 0 Å². The van der Waals surface area contributed by atoms with Gasteiger partial charge >= 0.3 is 5.97 Å². The summed E-state index contributed by atoms with van der Waals surface area (Å²) in [6.07, 6.45) is 0.349. The molecule has 172 valence electrons. The Labute approximate surface area is 195 Å². The fourth-order valence-corrected chi connectivity index (χ4v) is 5.24. The van der Waals surface area contributed by atoms with Crippen LogP contribution in [0.1, 0.15) is 22.3 Å². The highest BCUT2D eigenvalue weighted by molar-refractivity contribution is 7.91. The Morgan fingerprint density at radius 1 is 1.12 bits per heavy atom. The summed E-state index contributed by atoms with van der Waals surface area (Å²) in [7, 11) is -1.69. The highest BCUT2D eigenvalue weighted by Gasteiger charge is 2.29. The van der Waals surface area contributed by atoms with Gasteiger partial charge in [-0.05, 0) is 36.8 Å². The van der Waals surface area contributed by atoms with Gasteiger partial charge in [-0.2, -0.15) is 0 Å². The molecule has 0 bridgehead atoms. The average Bonchev–Trinajstić information content (AvgIpc) is 3.09. The fraction of sp³-hybridized carbons (Fsp3) is 0.333. The van der Waals surface area contributed by atoms with Gasteiger partial charge < -0.3 is 19.5 Å². The van der Waals surface area contributed by atoms with Crippen molar-refractivity contribution in [1.29, 1.82) is 0 Å². The molecule has 0 unspecified atom stereocenters. The molecule has 1 saturated heterocycles. The Balaban J connectivity index is 1.56. The van der Waals surface area contributed by atoms with E-state index in [-0.39, 0.29) is 23.7 Å². The highest BCUT2D eigenvalue weighted by Crippen LogP contribution is 2.30. The summed E-state index contributed by atoms with van der Waals surface area (Å²) in [5.74, 6) is -0.680. The van der Waals surface area contributed by atoms with Gasteiger partial charge in [0.05, 0.1) is 24.2 Å². The van der Waals surface area contributed by atoms with Crippen molar-refractivity contribution in [2.45, 2.75) is 19.1 Å². The van der Waals surface area contributed by atoms with E-state index < -0.39 is 34.4 Å². The molecular weight excluding hydrogens is 481 g/mol. The summed E-state index contributed by atoms with van der Waals surface area (Å²) >= 11 is 12.0. The fourth-order valence-electron chi connectivity index (χ4n) is 3.10. The van der Waals surface area contributed by atoms with Crippen LogP contribution in [0.4, 0.5) is 0 Å². The van der Waals surface area contributed by atoms with Gasteiger partial charge in [0, 0.05) is 21.7 Å². The van der Waals surface area contributed by atoms with Gasteiger partial charge in [-0.3, -0.25) is 4.79 Å². The van der Waals surface area contributed by atoms with E-state index in [1.165, 1.54) is 19.2 Å². The largest absolute Gasteiger partial charge is 0.493 e. The van der Waals surface area contributed by atoms with E-state index in [1.807, 2.05) is 0 Å². The molecule has 1 atom stereocenters. The number of methoxy groups -OCH3 is 1. The van der Waals surface area contributed by atoms with Crippen LogP contribution < -0.4 is 14.8 Å². The Kier molecular flexibility index (Phi) is 7.86.